The van der Waals surface area contributed by atoms with E-state index in [1.54, 1.807) is 7.05 Å². The molecule has 0 saturated carbocycles. The summed E-state index contributed by atoms with van der Waals surface area (Å²) in [5.41, 5.74) is 1.50. The van der Waals surface area contributed by atoms with Crippen LogP contribution >= 0.6 is 15.9 Å². The summed E-state index contributed by atoms with van der Waals surface area (Å²) < 4.78 is 27.4. The van der Waals surface area contributed by atoms with E-state index in [2.05, 4.69) is 21.2 Å². The molecular weight excluding hydrogens is 300 g/mol. The van der Waals surface area contributed by atoms with Gasteiger partial charge in [-0.2, -0.15) is 0 Å². The van der Waals surface area contributed by atoms with Gasteiger partial charge in [0.1, 0.15) is 11.6 Å². The normalized spacial score (nSPS) is 12.4. The molecule has 18 heavy (non-hydrogen) atoms. The molecule has 0 heterocycles. The molecule has 94 valence electrons. The topological polar surface area (TPSA) is 12.0 Å². The lowest BCUT2D eigenvalue weighted by Gasteiger charge is -2.17. The average molecular weight is 312 g/mol. The molecule has 0 bridgehead atoms. The lowest BCUT2D eigenvalue weighted by Crippen LogP contribution is -2.18. The largest absolute Gasteiger partial charge is 0.309 e. The number of nitrogens with one attached hydrogen (secondary N) is 1. The summed E-state index contributed by atoms with van der Waals surface area (Å²) in [6.45, 7) is 0. The van der Waals surface area contributed by atoms with Gasteiger partial charge in [-0.05, 0) is 42.4 Å². The van der Waals surface area contributed by atoms with Gasteiger partial charge in [-0.3, -0.25) is 0 Å². The maximum Gasteiger partial charge on any atom is 0.126 e. The van der Waals surface area contributed by atoms with Crippen LogP contribution in [0.4, 0.5) is 8.78 Å². The first kappa shape index (κ1) is 13.2. The zero-order valence-corrected chi connectivity index (χ0v) is 11.3. The van der Waals surface area contributed by atoms with Gasteiger partial charge in [-0.15, -0.1) is 0 Å². The van der Waals surface area contributed by atoms with Gasteiger partial charge in [0.25, 0.3) is 0 Å². The monoisotopic (exact) mass is 311 g/mol. The lowest BCUT2D eigenvalue weighted by molar-refractivity contribution is 0.571. The Hall–Kier alpha value is -1.26. The number of hydrogen-bond donors (Lipinski definition) is 1. The highest BCUT2D eigenvalue weighted by Gasteiger charge is 2.14. The van der Waals surface area contributed by atoms with Crippen LogP contribution in [-0.4, -0.2) is 7.05 Å². The number of halogens is 3. The van der Waals surface area contributed by atoms with Gasteiger partial charge in [-0.1, -0.05) is 28.1 Å². The molecule has 0 aliphatic heterocycles. The fourth-order valence-corrected chi connectivity index (χ4v) is 2.37. The second kappa shape index (κ2) is 5.59. The Balaban J connectivity index is 2.45. The Kier molecular flexibility index (Phi) is 4.09. The number of rotatable bonds is 3. The van der Waals surface area contributed by atoms with E-state index in [0.717, 1.165) is 16.1 Å². The molecule has 1 N–H and O–H groups in total. The molecule has 4 heteroatoms. The molecule has 2 aromatic carbocycles. The van der Waals surface area contributed by atoms with E-state index in [1.165, 1.54) is 12.1 Å². The number of hydrogen-bond acceptors (Lipinski definition) is 1. The first-order valence-electron chi connectivity index (χ1n) is 5.49. The molecule has 2 aromatic rings. The Morgan fingerprint density at radius 3 is 2.22 bits per heavy atom. The van der Waals surface area contributed by atoms with Crippen LogP contribution in [0.5, 0.6) is 0 Å². The van der Waals surface area contributed by atoms with E-state index in [-0.39, 0.29) is 6.04 Å². The Morgan fingerprint density at radius 1 is 1.00 bits per heavy atom. The SMILES string of the molecule is CNC(c1cc(F)cc(F)c1)c1cccc(Br)c1. The lowest BCUT2D eigenvalue weighted by atomic mass is 9.99. The zero-order chi connectivity index (χ0) is 13.1. The number of benzene rings is 2. The predicted molar refractivity (Wildman–Crippen MR) is 71.4 cm³/mol. The van der Waals surface area contributed by atoms with Crippen molar-refractivity contribution in [2.24, 2.45) is 0 Å². The quantitative estimate of drug-likeness (QED) is 0.902. The van der Waals surface area contributed by atoms with Crippen LogP contribution in [0, 0.1) is 11.6 Å². The van der Waals surface area contributed by atoms with E-state index in [9.17, 15) is 8.78 Å². The summed E-state index contributed by atoms with van der Waals surface area (Å²) in [5.74, 6) is -1.14. The first-order valence-corrected chi connectivity index (χ1v) is 6.28. The van der Waals surface area contributed by atoms with Crippen LogP contribution in [0.25, 0.3) is 0 Å². The summed E-state index contributed by atoms with van der Waals surface area (Å²) in [5, 5.41) is 3.06. The van der Waals surface area contributed by atoms with Crippen molar-refractivity contribution in [1.82, 2.24) is 5.32 Å². The molecular formula is C14H12BrF2N. The minimum absolute atomic E-state index is 0.243. The summed E-state index contributed by atoms with van der Waals surface area (Å²) in [6.07, 6.45) is 0. The second-order valence-electron chi connectivity index (χ2n) is 3.98. The van der Waals surface area contributed by atoms with Crippen molar-refractivity contribution in [2.75, 3.05) is 7.05 Å². The molecule has 0 amide bonds. The summed E-state index contributed by atoms with van der Waals surface area (Å²) in [7, 11) is 1.76. The van der Waals surface area contributed by atoms with Gasteiger partial charge in [0, 0.05) is 10.5 Å². The third-order valence-electron chi connectivity index (χ3n) is 2.69. The van der Waals surface area contributed by atoms with E-state index in [4.69, 9.17) is 0 Å². The fraction of sp³-hybridized carbons (Fsp3) is 0.143. The molecule has 0 spiro atoms. The smallest absolute Gasteiger partial charge is 0.126 e. The summed E-state index contributed by atoms with van der Waals surface area (Å²) >= 11 is 3.39. The van der Waals surface area contributed by atoms with Crippen LogP contribution in [0.15, 0.2) is 46.9 Å². The minimum Gasteiger partial charge on any atom is -0.309 e. The highest BCUT2D eigenvalue weighted by Crippen LogP contribution is 2.25. The fourth-order valence-electron chi connectivity index (χ4n) is 1.95. The molecule has 1 atom stereocenters. The molecule has 0 aromatic heterocycles. The van der Waals surface area contributed by atoms with Crippen LogP contribution < -0.4 is 5.32 Å². The zero-order valence-electron chi connectivity index (χ0n) is 9.75. The molecule has 0 saturated heterocycles. The third kappa shape index (κ3) is 2.94. The molecule has 0 radical (unpaired) electrons. The second-order valence-corrected chi connectivity index (χ2v) is 4.90. The van der Waals surface area contributed by atoms with Gasteiger partial charge < -0.3 is 5.32 Å². The van der Waals surface area contributed by atoms with Crippen molar-refractivity contribution in [3.8, 4) is 0 Å². The van der Waals surface area contributed by atoms with Crippen LogP contribution in [0.3, 0.4) is 0 Å². The van der Waals surface area contributed by atoms with Crippen LogP contribution in [-0.2, 0) is 0 Å². The van der Waals surface area contributed by atoms with Gasteiger partial charge in [0.05, 0.1) is 6.04 Å². The third-order valence-corrected chi connectivity index (χ3v) is 3.18. The van der Waals surface area contributed by atoms with E-state index < -0.39 is 11.6 Å². The molecule has 2 rings (SSSR count). The highest BCUT2D eigenvalue weighted by molar-refractivity contribution is 9.10. The van der Waals surface area contributed by atoms with Crippen LogP contribution in [0.1, 0.15) is 17.2 Å². The van der Waals surface area contributed by atoms with Gasteiger partial charge >= 0.3 is 0 Å². The molecule has 0 aliphatic carbocycles. The van der Waals surface area contributed by atoms with E-state index >= 15 is 0 Å². The molecule has 1 unspecified atom stereocenters. The predicted octanol–water partition coefficient (Wildman–Crippen LogP) is 4.04. The Morgan fingerprint density at radius 2 is 1.67 bits per heavy atom. The van der Waals surface area contributed by atoms with Gasteiger partial charge in [0.15, 0.2) is 0 Å². The van der Waals surface area contributed by atoms with Crippen molar-refractivity contribution < 1.29 is 8.78 Å². The Bertz CT molecular complexity index is 537. The highest BCUT2D eigenvalue weighted by atomic mass is 79.9. The minimum atomic E-state index is -0.569. The summed E-state index contributed by atoms with van der Waals surface area (Å²) in [4.78, 5) is 0. The van der Waals surface area contributed by atoms with Crippen molar-refractivity contribution in [1.29, 1.82) is 0 Å². The van der Waals surface area contributed by atoms with E-state index in [0.29, 0.717) is 5.56 Å². The van der Waals surface area contributed by atoms with Crippen molar-refractivity contribution in [3.05, 3.63) is 69.7 Å². The van der Waals surface area contributed by atoms with Gasteiger partial charge in [0.2, 0.25) is 0 Å². The van der Waals surface area contributed by atoms with Gasteiger partial charge in [-0.25, -0.2) is 8.78 Å². The maximum absolute atomic E-state index is 13.2. The maximum atomic E-state index is 13.2. The van der Waals surface area contributed by atoms with Crippen LogP contribution in [0.2, 0.25) is 0 Å². The Labute approximate surface area is 113 Å². The molecule has 0 aliphatic rings. The standard InChI is InChI=1S/C14H12BrF2N/c1-18-14(9-3-2-4-11(15)5-9)10-6-12(16)8-13(17)7-10/h2-8,14,18H,1H3. The van der Waals surface area contributed by atoms with Crippen molar-refractivity contribution in [2.45, 2.75) is 6.04 Å². The molecule has 0 fully saturated rings. The first-order chi connectivity index (χ1) is 8.60. The van der Waals surface area contributed by atoms with Crippen molar-refractivity contribution >= 4 is 15.9 Å². The van der Waals surface area contributed by atoms with E-state index in [1.807, 2.05) is 24.3 Å². The summed E-state index contributed by atoms with van der Waals surface area (Å²) in [6, 6.07) is 10.9. The molecule has 1 nitrogen and oxygen atoms in total. The average Bonchev–Trinajstić information content (AvgIpc) is 2.28. The van der Waals surface area contributed by atoms with Crippen molar-refractivity contribution in [3.63, 3.8) is 0 Å².